The summed E-state index contributed by atoms with van der Waals surface area (Å²) in [5, 5.41) is 17.2. The maximum atomic E-state index is 5.55. The molecular formula is C9H11N5S. The largest absolute Gasteiger partial charge is 0.374 e. The number of nitrogens with two attached hydrogens (primary N) is 1. The highest BCUT2D eigenvalue weighted by molar-refractivity contribution is 7.18. The molecule has 2 aromatic heterocycles. The number of aryl methyl sites for hydroxylation is 2. The molecule has 0 fully saturated rings. The lowest BCUT2D eigenvalue weighted by atomic mass is 10.1. The van der Waals surface area contributed by atoms with E-state index in [0.29, 0.717) is 5.13 Å². The first-order valence-electron chi connectivity index (χ1n) is 4.63. The van der Waals surface area contributed by atoms with Crippen LogP contribution in [0.2, 0.25) is 0 Å². The van der Waals surface area contributed by atoms with Gasteiger partial charge < -0.3 is 5.73 Å². The molecule has 0 saturated heterocycles. The topological polar surface area (TPSA) is 77.6 Å². The highest BCUT2D eigenvalue weighted by atomic mass is 32.1. The van der Waals surface area contributed by atoms with Crippen LogP contribution < -0.4 is 5.73 Å². The van der Waals surface area contributed by atoms with Crippen LogP contribution in [0.5, 0.6) is 0 Å². The summed E-state index contributed by atoms with van der Waals surface area (Å²) in [5.74, 6) is 0. The van der Waals surface area contributed by atoms with E-state index in [2.05, 4.69) is 20.4 Å². The summed E-state index contributed by atoms with van der Waals surface area (Å²) in [6.45, 7) is 3.94. The SMILES string of the molecule is CCc1nnc(C)cc1-c1nnc(N)s1. The Morgan fingerprint density at radius 2 is 2.07 bits per heavy atom. The summed E-state index contributed by atoms with van der Waals surface area (Å²) >= 11 is 1.37. The summed E-state index contributed by atoms with van der Waals surface area (Å²) in [6, 6.07) is 1.96. The molecule has 15 heavy (non-hydrogen) atoms. The molecule has 0 atom stereocenters. The molecule has 0 aromatic carbocycles. The van der Waals surface area contributed by atoms with Gasteiger partial charge in [0.2, 0.25) is 5.13 Å². The molecule has 0 amide bonds. The molecule has 0 saturated carbocycles. The van der Waals surface area contributed by atoms with Gasteiger partial charge in [0.05, 0.1) is 11.4 Å². The van der Waals surface area contributed by atoms with E-state index in [4.69, 9.17) is 5.73 Å². The third kappa shape index (κ3) is 1.94. The van der Waals surface area contributed by atoms with E-state index in [1.54, 1.807) is 0 Å². The summed E-state index contributed by atoms with van der Waals surface area (Å²) in [6.07, 6.45) is 0.822. The Morgan fingerprint density at radius 3 is 2.67 bits per heavy atom. The predicted molar refractivity (Wildman–Crippen MR) is 59.5 cm³/mol. The highest BCUT2D eigenvalue weighted by Gasteiger charge is 2.11. The van der Waals surface area contributed by atoms with Gasteiger partial charge in [-0.25, -0.2) is 0 Å². The van der Waals surface area contributed by atoms with Gasteiger partial charge in [-0.1, -0.05) is 18.3 Å². The number of nitrogens with zero attached hydrogens (tertiary/aromatic N) is 4. The zero-order valence-corrected chi connectivity index (χ0v) is 9.38. The minimum atomic E-state index is 0.474. The molecule has 0 spiro atoms. The van der Waals surface area contributed by atoms with Gasteiger partial charge in [-0.05, 0) is 19.4 Å². The summed E-state index contributed by atoms with van der Waals surface area (Å²) < 4.78 is 0. The molecule has 0 aliphatic heterocycles. The summed E-state index contributed by atoms with van der Waals surface area (Å²) in [7, 11) is 0. The normalized spacial score (nSPS) is 10.5. The van der Waals surface area contributed by atoms with Crippen molar-refractivity contribution < 1.29 is 0 Å². The Morgan fingerprint density at radius 1 is 1.27 bits per heavy atom. The Balaban J connectivity index is 2.55. The molecule has 2 heterocycles. The molecule has 2 rings (SSSR count). The third-order valence-corrected chi connectivity index (χ3v) is 2.78. The lowest BCUT2D eigenvalue weighted by Crippen LogP contribution is -1.97. The van der Waals surface area contributed by atoms with Gasteiger partial charge >= 0.3 is 0 Å². The van der Waals surface area contributed by atoms with Crippen LogP contribution >= 0.6 is 11.3 Å². The average Bonchev–Trinajstić information content (AvgIpc) is 2.65. The molecule has 6 heteroatoms. The Labute approximate surface area is 91.4 Å². The van der Waals surface area contributed by atoms with E-state index >= 15 is 0 Å². The molecule has 5 nitrogen and oxygen atoms in total. The molecule has 2 N–H and O–H groups in total. The second-order valence-corrected chi connectivity index (χ2v) is 4.15. The molecule has 0 unspecified atom stereocenters. The zero-order valence-electron chi connectivity index (χ0n) is 8.56. The molecular weight excluding hydrogens is 210 g/mol. The lowest BCUT2D eigenvalue weighted by Gasteiger charge is -2.02. The van der Waals surface area contributed by atoms with E-state index in [1.807, 2.05) is 19.9 Å². The standard InChI is InChI=1S/C9H11N5S/c1-3-7-6(4-5(2)11-12-7)8-13-14-9(10)15-8/h4H,3H2,1-2H3,(H2,10,14). The number of nitrogen functional groups attached to an aromatic ring is 1. The Kier molecular flexibility index (Phi) is 2.59. The van der Waals surface area contributed by atoms with Crippen molar-refractivity contribution in [3.8, 4) is 10.6 Å². The first-order chi connectivity index (χ1) is 7.20. The van der Waals surface area contributed by atoms with Gasteiger partial charge in [0.15, 0.2) is 5.01 Å². The van der Waals surface area contributed by atoms with E-state index in [9.17, 15) is 0 Å². The fourth-order valence-corrected chi connectivity index (χ4v) is 1.95. The minimum absolute atomic E-state index is 0.474. The van der Waals surface area contributed by atoms with Crippen LogP contribution in [0.15, 0.2) is 6.07 Å². The van der Waals surface area contributed by atoms with Crippen molar-refractivity contribution >= 4 is 16.5 Å². The van der Waals surface area contributed by atoms with Gasteiger partial charge in [0.25, 0.3) is 0 Å². The summed E-state index contributed by atoms with van der Waals surface area (Å²) in [4.78, 5) is 0. The zero-order chi connectivity index (χ0) is 10.8. The minimum Gasteiger partial charge on any atom is -0.374 e. The molecule has 78 valence electrons. The van der Waals surface area contributed by atoms with Crippen LogP contribution in [-0.2, 0) is 6.42 Å². The lowest BCUT2D eigenvalue weighted by molar-refractivity contribution is 0.894. The fourth-order valence-electron chi connectivity index (χ4n) is 1.30. The van der Waals surface area contributed by atoms with Gasteiger partial charge in [0, 0.05) is 5.56 Å². The van der Waals surface area contributed by atoms with Crippen molar-refractivity contribution in [3.05, 3.63) is 17.5 Å². The van der Waals surface area contributed by atoms with E-state index in [0.717, 1.165) is 28.4 Å². The van der Waals surface area contributed by atoms with Crippen LogP contribution in [0.25, 0.3) is 10.6 Å². The predicted octanol–water partition coefficient (Wildman–Crippen LogP) is 1.45. The van der Waals surface area contributed by atoms with Crippen LogP contribution in [0.1, 0.15) is 18.3 Å². The maximum Gasteiger partial charge on any atom is 0.203 e. The van der Waals surface area contributed by atoms with Crippen molar-refractivity contribution in [2.24, 2.45) is 0 Å². The molecule has 2 aromatic rings. The van der Waals surface area contributed by atoms with Crippen molar-refractivity contribution in [2.75, 3.05) is 5.73 Å². The smallest absolute Gasteiger partial charge is 0.203 e. The monoisotopic (exact) mass is 221 g/mol. The molecule has 0 aliphatic rings. The maximum absolute atomic E-state index is 5.55. The van der Waals surface area contributed by atoms with Crippen LogP contribution in [0.3, 0.4) is 0 Å². The molecule has 0 radical (unpaired) electrons. The third-order valence-electron chi connectivity index (χ3n) is 2.00. The second kappa shape index (κ2) is 3.90. The van der Waals surface area contributed by atoms with Crippen molar-refractivity contribution in [3.63, 3.8) is 0 Å². The van der Waals surface area contributed by atoms with Gasteiger partial charge in [-0.15, -0.1) is 10.2 Å². The average molecular weight is 221 g/mol. The first kappa shape index (κ1) is 9.97. The van der Waals surface area contributed by atoms with Crippen LogP contribution in [-0.4, -0.2) is 20.4 Å². The fraction of sp³-hybridized carbons (Fsp3) is 0.333. The van der Waals surface area contributed by atoms with E-state index < -0.39 is 0 Å². The molecule has 0 aliphatic carbocycles. The van der Waals surface area contributed by atoms with Gasteiger partial charge in [-0.3, -0.25) is 0 Å². The number of rotatable bonds is 2. The molecule has 0 bridgehead atoms. The van der Waals surface area contributed by atoms with Gasteiger partial charge in [0.1, 0.15) is 0 Å². The van der Waals surface area contributed by atoms with Crippen molar-refractivity contribution in [1.82, 2.24) is 20.4 Å². The number of aromatic nitrogens is 4. The number of hydrogen-bond acceptors (Lipinski definition) is 6. The summed E-state index contributed by atoms with van der Waals surface area (Å²) in [5.41, 5.74) is 8.34. The second-order valence-electron chi connectivity index (χ2n) is 3.15. The number of hydrogen-bond donors (Lipinski definition) is 1. The number of anilines is 1. The van der Waals surface area contributed by atoms with Crippen LogP contribution in [0, 0.1) is 6.92 Å². The first-order valence-corrected chi connectivity index (χ1v) is 5.45. The van der Waals surface area contributed by atoms with Crippen molar-refractivity contribution in [2.45, 2.75) is 20.3 Å². The Hall–Kier alpha value is -1.56. The quantitative estimate of drug-likeness (QED) is 0.830. The highest BCUT2D eigenvalue weighted by Crippen LogP contribution is 2.27. The van der Waals surface area contributed by atoms with Gasteiger partial charge in [-0.2, -0.15) is 10.2 Å². The van der Waals surface area contributed by atoms with Crippen LogP contribution in [0.4, 0.5) is 5.13 Å². The van der Waals surface area contributed by atoms with Crippen molar-refractivity contribution in [1.29, 1.82) is 0 Å². The van der Waals surface area contributed by atoms with E-state index in [1.165, 1.54) is 11.3 Å². The van der Waals surface area contributed by atoms with E-state index in [-0.39, 0.29) is 0 Å². The Bertz CT molecular complexity index is 479.